The lowest BCUT2D eigenvalue weighted by Crippen LogP contribution is -2.40. The normalized spacial score (nSPS) is 20.9. The van der Waals surface area contributed by atoms with E-state index in [-0.39, 0.29) is 58.6 Å². The third kappa shape index (κ3) is 15.0. The molecule has 2 amide bonds. The van der Waals surface area contributed by atoms with E-state index in [0.29, 0.717) is 48.2 Å². The van der Waals surface area contributed by atoms with Crippen molar-refractivity contribution in [1.82, 2.24) is 20.6 Å². The lowest BCUT2D eigenvalue weighted by Gasteiger charge is -2.30. The van der Waals surface area contributed by atoms with E-state index in [0.717, 1.165) is 63.5 Å². The van der Waals surface area contributed by atoms with Gasteiger partial charge in [0.25, 0.3) is 11.8 Å². The predicted octanol–water partition coefficient (Wildman–Crippen LogP) is 9.94. The molecule has 4 aromatic rings. The van der Waals surface area contributed by atoms with Crippen LogP contribution in [0.5, 0.6) is 0 Å². The second-order valence-corrected chi connectivity index (χ2v) is 17.0. The van der Waals surface area contributed by atoms with E-state index in [9.17, 15) is 44.7 Å². The molecule has 0 radical (unpaired) electrons. The first-order valence-corrected chi connectivity index (χ1v) is 21.5. The first-order chi connectivity index (χ1) is 30.3. The fourth-order valence-corrected chi connectivity index (χ4v) is 7.67. The Morgan fingerprint density at radius 3 is 1.31 bits per heavy atom. The second kappa shape index (κ2) is 21.3. The summed E-state index contributed by atoms with van der Waals surface area (Å²) in [5.41, 5.74) is 0.127. The molecule has 0 unspecified atom stereocenters. The summed E-state index contributed by atoms with van der Waals surface area (Å²) < 4.78 is 104. The van der Waals surface area contributed by atoms with Crippen molar-refractivity contribution in [3.63, 3.8) is 0 Å². The van der Waals surface area contributed by atoms with Crippen LogP contribution in [-0.2, 0) is 12.4 Å². The molecule has 4 fully saturated rings. The van der Waals surface area contributed by atoms with E-state index in [1.54, 1.807) is 6.07 Å². The number of nitrogens with zero attached hydrogens (tertiary/aromatic N) is 2. The van der Waals surface area contributed by atoms with E-state index in [1.165, 1.54) is 54.6 Å². The van der Waals surface area contributed by atoms with E-state index >= 15 is 0 Å². The molecular weight excluding hydrogens is 875 g/mol. The molecule has 0 saturated heterocycles. The molecule has 0 aliphatic heterocycles. The van der Waals surface area contributed by atoms with Crippen LogP contribution in [0.25, 0.3) is 0 Å². The number of halogens is 9. The highest BCUT2D eigenvalue weighted by Gasteiger charge is 2.37. The molecule has 20 heteroatoms. The number of alkyl halides is 6. The Morgan fingerprint density at radius 2 is 0.953 bits per heavy atom. The van der Waals surface area contributed by atoms with Crippen LogP contribution in [0, 0.1) is 11.6 Å². The van der Waals surface area contributed by atoms with Gasteiger partial charge in [-0.15, -0.1) is 0 Å². The SMILES string of the molecule is O=C(NC1CCC(Nc2cc(C3CC3)nc(C(F)(F)F)c2)CC1)c1ccc(F)cc1.O=C(NC1CCC(Nc2cc(Cl)nc(C(F)(F)F)c2)CC1)c1ccc(F)cc1.OB(O)C1CC1. The monoisotopic (exact) mass is 922 g/mol. The molecule has 344 valence electrons. The second-order valence-electron chi connectivity index (χ2n) is 16.6. The highest BCUT2D eigenvalue weighted by molar-refractivity contribution is 6.44. The van der Waals surface area contributed by atoms with E-state index < -0.39 is 42.5 Å². The molecule has 2 heterocycles. The van der Waals surface area contributed by atoms with Crippen LogP contribution in [0.15, 0.2) is 72.8 Å². The van der Waals surface area contributed by atoms with Gasteiger partial charge in [-0.3, -0.25) is 9.59 Å². The van der Waals surface area contributed by atoms with Gasteiger partial charge in [-0.2, -0.15) is 26.3 Å². The molecule has 4 aliphatic rings. The van der Waals surface area contributed by atoms with Gasteiger partial charge in [0.2, 0.25) is 0 Å². The maximum atomic E-state index is 13.2. The molecule has 4 saturated carbocycles. The Hall–Kier alpha value is -5.01. The quantitative estimate of drug-likeness (QED) is 0.0524. The van der Waals surface area contributed by atoms with Crippen LogP contribution < -0.4 is 21.3 Å². The maximum absolute atomic E-state index is 13.2. The van der Waals surface area contributed by atoms with Crippen LogP contribution >= 0.6 is 11.6 Å². The van der Waals surface area contributed by atoms with Crippen LogP contribution in [0.1, 0.15) is 121 Å². The van der Waals surface area contributed by atoms with Gasteiger partial charge in [0.05, 0.1) is 0 Å². The van der Waals surface area contributed by atoms with Gasteiger partial charge in [-0.25, -0.2) is 18.7 Å². The van der Waals surface area contributed by atoms with Gasteiger partial charge in [-0.1, -0.05) is 24.4 Å². The van der Waals surface area contributed by atoms with Gasteiger partial charge in [0, 0.05) is 58.3 Å². The Morgan fingerprint density at radius 1 is 0.562 bits per heavy atom. The predicted molar refractivity (Wildman–Crippen MR) is 226 cm³/mol. The van der Waals surface area contributed by atoms with Crippen molar-refractivity contribution in [2.75, 3.05) is 10.6 Å². The Labute approximate surface area is 370 Å². The third-order valence-electron chi connectivity index (χ3n) is 11.3. The summed E-state index contributed by atoms with van der Waals surface area (Å²) >= 11 is 5.70. The Bertz CT molecular complexity index is 2180. The fraction of sp³-hybridized carbons (Fsp3) is 0.455. The maximum Gasteiger partial charge on any atom is 0.454 e. The zero-order valence-electron chi connectivity index (χ0n) is 34.5. The molecular formula is C44H48BClF8N6O4. The minimum absolute atomic E-state index is 0.00851. The van der Waals surface area contributed by atoms with Crippen molar-refractivity contribution in [1.29, 1.82) is 0 Å². The highest BCUT2D eigenvalue weighted by atomic mass is 35.5. The molecule has 4 aliphatic carbocycles. The number of benzene rings is 2. The van der Waals surface area contributed by atoms with Crippen molar-refractivity contribution in [3.05, 3.63) is 118 Å². The zero-order valence-corrected chi connectivity index (χ0v) is 35.2. The molecule has 64 heavy (non-hydrogen) atoms. The number of carbonyl (C=O) groups excluding carboxylic acids is 2. The van der Waals surface area contributed by atoms with E-state index in [4.69, 9.17) is 21.6 Å². The van der Waals surface area contributed by atoms with Crippen molar-refractivity contribution >= 4 is 41.9 Å². The van der Waals surface area contributed by atoms with Gasteiger partial charge >= 0.3 is 19.5 Å². The van der Waals surface area contributed by atoms with Crippen LogP contribution in [0.4, 0.5) is 46.5 Å². The number of aromatic nitrogens is 2. The molecule has 0 atom stereocenters. The lowest BCUT2D eigenvalue weighted by molar-refractivity contribution is -0.141. The number of rotatable bonds is 10. The first-order valence-electron chi connectivity index (χ1n) is 21.1. The molecule has 2 aromatic carbocycles. The summed E-state index contributed by atoms with van der Waals surface area (Å²) in [6.07, 6.45) is 0.334. The smallest absolute Gasteiger partial charge is 0.427 e. The Balaban J connectivity index is 0.000000188. The van der Waals surface area contributed by atoms with Gasteiger partial charge in [0.1, 0.15) is 28.2 Å². The summed E-state index contributed by atoms with van der Waals surface area (Å²) in [7, 11) is -1.04. The van der Waals surface area contributed by atoms with Crippen molar-refractivity contribution in [3.8, 4) is 0 Å². The average molecular weight is 923 g/mol. The molecule has 0 spiro atoms. The van der Waals surface area contributed by atoms with Crippen molar-refractivity contribution < 1.29 is 54.8 Å². The standard InChI is InChI=1S/C22H23F4N3O.C19H18ClF4N3O.C3H7BO2/c23-15-5-3-14(4-6-15)21(30)28-17-9-7-16(8-10-17)27-18-11-19(13-1-2-13)29-20(12-18)22(24,25)26;20-17-10-15(9-16(27-17)19(22,23)24)25-13-5-7-14(8-6-13)26-18(28)11-1-3-12(21)4-2-11;5-4(6)3-1-2-3/h3-6,11-13,16-17H,1-2,7-10H2,(H,27,29)(H,28,30);1-4,9-10,13-14H,5-8H2,(H,25,27)(H,26,28);3,5-6H,1-2H2. The molecule has 2 aromatic heterocycles. The largest absolute Gasteiger partial charge is 0.454 e. The van der Waals surface area contributed by atoms with Crippen molar-refractivity contribution in [2.45, 2.75) is 125 Å². The number of anilines is 2. The minimum atomic E-state index is -4.57. The topological polar surface area (TPSA) is 148 Å². The summed E-state index contributed by atoms with van der Waals surface area (Å²) in [6, 6.07) is 15.7. The summed E-state index contributed by atoms with van der Waals surface area (Å²) in [5, 5.41) is 28.4. The van der Waals surface area contributed by atoms with Crippen molar-refractivity contribution in [2.24, 2.45) is 0 Å². The van der Waals surface area contributed by atoms with E-state index in [2.05, 4.69) is 31.2 Å². The van der Waals surface area contributed by atoms with Crippen LogP contribution in [0.3, 0.4) is 0 Å². The summed E-state index contributed by atoms with van der Waals surface area (Å²) in [5.74, 6) is -0.979. The molecule has 10 nitrogen and oxygen atoms in total. The third-order valence-corrected chi connectivity index (χ3v) is 11.5. The van der Waals surface area contributed by atoms with Gasteiger partial charge in [0.15, 0.2) is 0 Å². The minimum Gasteiger partial charge on any atom is -0.427 e. The Kier molecular flexibility index (Phi) is 16.1. The first kappa shape index (κ1) is 48.5. The number of hydrogen-bond donors (Lipinski definition) is 6. The zero-order chi connectivity index (χ0) is 46.2. The van der Waals surface area contributed by atoms with Gasteiger partial charge < -0.3 is 31.3 Å². The fourth-order valence-electron chi connectivity index (χ4n) is 7.46. The number of hydrogen-bond acceptors (Lipinski definition) is 8. The average Bonchev–Trinajstić information content (AvgIpc) is 4.17. The van der Waals surface area contributed by atoms with Crippen LogP contribution in [0.2, 0.25) is 11.0 Å². The molecule has 6 N–H and O–H groups in total. The number of nitrogens with one attached hydrogen (secondary N) is 4. The number of amides is 2. The number of carbonyl (C=O) groups is 2. The lowest BCUT2D eigenvalue weighted by atomic mass is 9.84. The summed E-state index contributed by atoms with van der Waals surface area (Å²) in [6.45, 7) is 0. The summed E-state index contributed by atoms with van der Waals surface area (Å²) in [4.78, 5) is 31.6. The van der Waals surface area contributed by atoms with Crippen LogP contribution in [-0.4, -0.2) is 63.1 Å². The highest BCUT2D eigenvalue weighted by Crippen LogP contribution is 2.42. The van der Waals surface area contributed by atoms with Gasteiger partial charge in [-0.05, 0) is 143 Å². The molecule has 0 bridgehead atoms. The molecule has 8 rings (SSSR count). The number of pyridine rings is 2. The van der Waals surface area contributed by atoms with E-state index in [1.807, 2.05) is 0 Å².